The minimum atomic E-state index is 0.0328. The molecule has 0 saturated heterocycles. The summed E-state index contributed by atoms with van der Waals surface area (Å²) in [5.74, 6) is 0.0328. The number of aryl methyl sites for hydroxylation is 2. The molecule has 0 saturated carbocycles. The van der Waals surface area contributed by atoms with Crippen molar-refractivity contribution in [1.29, 1.82) is 0 Å². The smallest absolute Gasteiger partial charge is 0.224 e. The van der Waals surface area contributed by atoms with Crippen LogP contribution in [0.2, 0.25) is 0 Å². The third kappa shape index (κ3) is 4.13. The van der Waals surface area contributed by atoms with Crippen LogP contribution in [0.3, 0.4) is 0 Å². The van der Waals surface area contributed by atoms with Crippen LogP contribution in [0.1, 0.15) is 24.0 Å². The van der Waals surface area contributed by atoms with E-state index in [1.54, 1.807) is 0 Å². The predicted molar refractivity (Wildman–Crippen MR) is 62.8 cm³/mol. The fourth-order valence-corrected chi connectivity index (χ4v) is 1.53. The lowest BCUT2D eigenvalue weighted by molar-refractivity contribution is -0.116. The number of amides is 1. The summed E-state index contributed by atoms with van der Waals surface area (Å²) in [6.07, 6.45) is 1.22. The number of anilines is 1. The van der Waals surface area contributed by atoms with E-state index in [4.69, 9.17) is 5.73 Å². The summed E-state index contributed by atoms with van der Waals surface area (Å²) < 4.78 is 0. The minimum Gasteiger partial charge on any atom is -0.330 e. The Morgan fingerprint density at radius 3 is 2.40 bits per heavy atom. The molecule has 0 heterocycles. The van der Waals surface area contributed by atoms with Crippen molar-refractivity contribution >= 4 is 11.6 Å². The molecule has 0 fully saturated rings. The molecule has 3 heteroatoms. The number of carbonyl (C=O) groups excluding carboxylic acids is 1. The van der Waals surface area contributed by atoms with Gasteiger partial charge in [0.05, 0.1) is 0 Å². The Hall–Kier alpha value is -1.35. The van der Waals surface area contributed by atoms with E-state index in [1.165, 1.54) is 0 Å². The van der Waals surface area contributed by atoms with Crippen molar-refractivity contribution in [3.05, 3.63) is 29.3 Å². The van der Waals surface area contributed by atoms with Gasteiger partial charge in [-0.3, -0.25) is 4.79 Å². The van der Waals surface area contributed by atoms with E-state index < -0.39 is 0 Å². The molecule has 0 unspecified atom stereocenters. The van der Waals surface area contributed by atoms with Gasteiger partial charge < -0.3 is 11.1 Å². The Morgan fingerprint density at radius 1 is 1.27 bits per heavy atom. The molecule has 1 rings (SSSR count). The van der Waals surface area contributed by atoms with Crippen molar-refractivity contribution in [2.75, 3.05) is 11.9 Å². The molecule has 0 aliphatic heterocycles. The molecule has 82 valence electrons. The van der Waals surface area contributed by atoms with E-state index in [2.05, 4.69) is 11.4 Å². The lowest BCUT2D eigenvalue weighted by Crippen LogP contribution is -2.13. The molecular formula is C12H18N2O. The number of hydrogen-bond donors (Lipinski definition) is 2. The van der Waals surface area contributed by atoms with Crippen molar-refractivity contribution < 1.29 is 4.79 Å². The van der Waals surface area contributed by atoms with Crippen molar-refractivity contribution in [2.24, 2.45) is 5.73 Å². The van der Waals surface area contributed by atoms with Gasteiger partial charge >= 0.3 is 0 Å². The van der Waals surface area contributed by atoms with Crippen LogP contribution in [0.4, 0.5) is 5.69 Å². The molecule has 0 bridgehead atoms. The van der Waals surface area contributed by atoms with Gasteiger partial charge in [0, 0.05) is 12.1 Å². The average Bonchev–Trinajstić information content (AvgIpc) is 2.13. The second-order valence-electron chi connectivity index (χ2n) is 3.82. The molecule has 15 heavy (non-hydrogen) atoms. The third-order valence-electron chi connectivity index (χ3n) is 2.11. The van der Waals surface area contributed by atoms with Crippen LogP contribution < -0.4 is 11.1 Å². The number of rotatable bonds is 4. The minimum absolute atomic E-state index is 0.0328. The van der Waals surface area contributed by atoms with E-state index in [0.29, 0.717) is 13.0 Å². The Morgan fingerprint density at radius 2 is 1.87 bits per heavy atom. The number of nitrogens with one attached hydrogen (secondary N) is 1. The maximum atomic E-state index is 11.4. The van der Waals surface area contributed by atoms with Crippen LogP contribution in [-0.2, 0) is 4.79 Å². The number of hydrogen-bond acceptors (Lipinski definition) is 2. The second-order valence-corrected chi connectivity index (χ2v) is 3.82. The molecule has 3 nitrogen and oxygen atoms in total. The van der Waals surface area contributed by atoms with Crippen LogP contribution in [0.15, 0.2) is 18.2 Å². The number of carbonyl (C=O) groups is 1. The topological polar surface area (TPSA) is 55.1 Å². The Balaban J connectivity index is 2.60. The van der Waals surface area contributed by atoms with Crippen LogP contribution in [-0.4, -0.2) is 12.5 Å². The van der Waals surface area contributed by atoms with Crippen molar-refractivity contribution in [1.82, 2.24) is 0 Å². The molecular weight excluding hydrogens is 188 g/mol. The quantitative estimate of drug-likeness (QED) is 0.791. The zero-order chi connectivity index (χ0) is 11.3. The number of nitrogens with two attached hydrogens (primary N) is 1. The second kappa shape index (κ2) is 5.51. The van der Waals surface area contributed by atoms with Gasteiger partial charge in [-0.1, -0.05) is 6.07 Å². The highest BCUT2D eigenvalue weighted by Crippen LogP contribution is 2.13. The molecule has 0 aromatic heterocycles. The highest BCUT2D eigenvalue weighted by atomic mass is 16.1. The first-order valence-electron chi connectivity index (χ1n) is 5.20. The van der Waals surface area contributed by atoms with E-state index in [9.17, 15) is 4.79 Å². The van der Waals surface area contributed by atoms with E-state index in [-0.39, 0.29) is 5.91 Å². The molecule has 0 spiro atoms. The lowest BCUT2D eigenvalue weighted by Gasteiger charge is -2.06. The van der Waals surface area contributed by atoms with Crippen LogP contribution >= 0.6 is 0 Å². The van der Waals surface area contributed by atoms with Gasteiger partial charge in [0.1, 0.15) is 0 Å². The lowest BCUT2D eigenvalue weighted by atomic mass is 10.1. The van der Waals surface area contributed by atoms with Crippen LogP contribution in [0, 0.1) is 13.8 Å². The molecule has 1 aromatic carbocycles. The van der Waals surface area contributed by atoms with Gasteiger partial charge in [0.15, 0.2) is 0 Å². The first kappa shape index (κ1) is 11.7. The summed E-state index contributed by atoms with van der Waals surface area (Å²) in [6, 6.07) is 6.01. The Labute approximate surface area is 90.7 Å². The highest BCUT2D eigenvalue weighted by Gasteiger charge is 2.02. The Kier molecular flexibility index (Phi) is 4.31. The molecule has 0 radical (unpaired) electrons. The first-order valence-corrected chi connectivity index (χ1v) is 5.20. The van der Waals surface area contributed by atoms with Gasteiger partial charge in [0.25, 0.3) is 0 Å². The zero-order valence-electron chi connectivity index (χ0n) is 9.34. The maximum Gasteiger partial charge on any atom is 0.224 e. The fraction of sp³-hybridized carbons (Fsp3) is 0.417. The monoisotopic (exact) mass is 206 g/mol. The number of benzene rings is 1. The summed E-state index contributed by atoms with van der Waals surface area (Å²) in [6.45, 7) is 4.59. The van der Waals surface area contributed by atoms with Crippen molar-refractivity contribution in [3.8, 4) is 0 Å². The normalized spacial score (nSPS) is 10.1. The third-order valence-corrected chi connectivity index (χ3v) is 2.11. The standard InChI is InChI=1S/C12H18N2O/c1-9-6-10(2)8-11(7-9)14-12(15)4-3-5-13/h6-8H,3-5,13H2,1-2H3,(H,14,15). The van der Waals surface area contributed by atoms with Gasteiger partial charge in [0.2, 0.25) is 5.91 Å². The summed E-state index contributed by atoms with van der Waals surface area (Å²) in [5, 5.41) is 2.86. The largest absolute Gasteiger partial charge is 0.330 e. The first-order chi connectivity index (χ1) is 7.11. The summed E-state index contributed by atoms with van der Waals surface area (Å²) >= 11 is 0. The summed E-state index contributed by atoms with van der Waals surface area (Å²) in [7, 11) is 0. The molecule has 1 amide bonds. The molecule has 0 atom stereocenters. The molecule has 3 N–H and O–H groups in total. The van der Waals surface area contributed by atoms with Gasteiger partial charge in [-0.15, -0.1) is 0 Å². The van der Waals surface area contributed by atoms with Gasteiger partial charge in [-0.25, -0.2) is 0 Å². The summed E-state index contributed by atoms with van der Waals surface area (Å²) in [5.41, 5.74) is 8.52. The van der Waals surface area contributed by atoms with Crippen LogP contribution in [0.25, 0.3) is 0 Å². The maximum absolute atomic E-state index is 11.4. The fourth-order valence-electron chi connectivity index (χ4n) is 1.53. The highest BCUT2D eigenvalue weighted by molar-refractivity contribution is 5.90. The van der Waals surface area contributed by atoms with Crippen molar-refractivity contribution in [2.45, 2.75) is 26.7 Å². The van der Waals surface area contributed by atoms with Gasteiger partial charge in [-0.2, -0.15) is 0 Å². The van der Waals surface area contributed by atoms with E-state index in [1.807, 2.05) is 26.0 Å². The average molecular weight is 206 g/mol. The predicted octanol–water partition coefficient (Wildman–Crippen LogP) is 1.98. The van der Waals surface area contributed by atoms with Crippen LogP contribution in [0.5, 0.6) is 0 Å². The zero-order valence-corrected chi connectivity index (χ0v) is 9.34. The summed E-state index contributed by atoms with van der Waals surface area (Å²) in [4.78, 5) is 11.4. The van der Waals surface area contributed by atoms with Gasteiger partial charge in [-0.05, 0) is 50.1 Å². The molecule has 1 aromatic rings. The van der Waals surface area contributed by atoms with E-state index in [0.717, 1.165) is 23.2 Å². The molecule has 0 aliphatic carbocycles. The van der Waals surface area contributed by atoms with Crippen molar-refractivity contribution in [3.63, 3.8) is 0 Å². The molecule has 0 aliphatic rings. The Bertz CT molecular complexity index is 327. The SMILES string of the molecule is Cc1cc(C)cc(NC(=O)CCCN)c1. The van der Waals surface area contributed by atoms with E-state index >= 15 is 0 Å².